The minimum Gasteiger partial charge on any atom is -0.481 e. The third kappa shape index (κ3) is 3.34. The highest BCUT2D eigenvalue weighted by atomic mass is 16.5. The van der Waals surface area contributed by atoms with Crippen LogP contribution in [0.1, 0.15) is 6.92 Å². The number of rotatable bonds is 4. The molecule has 2 aromatic heterocycles. The molecular formula is C16H21N5O2. The Kier molecular flexibility index (Phi) is 4.57. The van der Waals surface area contributed by atoms with Gasteiger partial charge in [-0.25, -0.2) is 9.97 Å². The molecule has 1 fully saturated rings. The SMILES string of the molecule is CCN1CCN(c2nc(-c3cccnc3OC)cc(=O)[nH]2)CC1. The number of H-pyrrole nitrogens is 1. The van der Waals surface area contributed by atoms with Gasteiger partial charge in [0.15, 0.2) is 0 Å². The fraction of sp³-hybridized carbons (Fsp3) is 0.438. The number of nitrogens with zero attached hydrogens (tertiary/aromatic N) is 4. The summed E-state index contributed by atoms with van der Waals surface area (Å²) in [4.78, 5) is 28.2. The highest BCUT2D eigenvalue weighted by Crippen LogP contribution is 2.25. The zero-order chi connectivity index (χ0) is 16.2. The lowest BCUT2D eigenvalue weighted by molar-refractivity contribution is 0.270. The van der Waals surface area contributed by atoms with Crippen LogP contribution in [0.4, 0.5) is 5.95 Å². The molecule has 7 heteroatoms. The molecule has 7 nitrogen and oxygen atoms in total. The Bertz CT molecular complexity index is 722. The van der Waals surface area contributed by atoms with Crippen LogP contribution in [0.15, 0.2) is 29.2 Å². The van der Waals surface area contributed by atoms with Crippen LogP contribution in [0, 0.1) is 0 Å². The molecule has 1 saturated heterocycles. The molecule has 1 N–H and O–H groups in total. The summed E-state index contributed by atoms with van der Waals surface area (Å²) < 4.78 is 5.27. The van der Waals surface area contributed by atoms with E-state index in [1.807, 2.05) is 6.07 Å². The maximum Gasteiger partial charge on any atom is 0.252 e. The highest BCUT2D eigenvalue weighted by molar-refractivity contribution is 5.65. The molecule has 2 aromatic rings. The van der Waals surface area contributed by atoms with E-state index in [2.05, 4.69) is 31.7 Å². The number of hydrogen-bond donors (Lipinski definition) is 1. The van der Waals surface area contributed by atoms with Gasteiger partial charge in [-0.15, -0.1) is 0 Å². The predicted octanol–water partition coefficient (Wildman–Crippen LogP) is 0.982. The molecule has 1 aliphatic rings. The molecule has 3 rings (SSSR count). The van der Waals surface area contributed by atoms with Gasteiger partial charge in [-0.3, -0.25) is 9.78 Å². The summed E-state index contributed by atoms with van der Waals surface area (Å²) in [6.45, 7) is 6.85. The van der Waals surface area contributed by atoms with E-state index in [1.54, 1.807) is 19.4 Å². The summed E-state index contributed by atoms with van der Waals surface area (Å²) in [6.07, 6.45) is 1.65. The zero-order valence-corrected chi connectivity index (χ0v) is 13.5. The second kappa shape index (κ2) is 6.78. The van der Waals surface area contributed by atoms with Crippen LogP contribution in [-0.2, 0) is 0 Å². The lowest BCUT2D eigenvalue weighted by atomic mass is 10.2. The summed E-state index contributed by atoms with van der Waals surface area (Å²) in [6, 6.07) is 5.14. The summed E-state index contributed by atoms with van der Waals surface area (Å²) in [5.41, 5.74) is 1.12. The lowest BCUT2D eigenvalue weighted by Crippen LogP contribution is -2.47. The quantitative estimate of drug-likeness (QED) is 0.907. The van der Waals surface area contributed by atoms with E-state index in [1.165, 1.54) is 6.07 Å². The maximum atomic E-state index is 12.1. The van der Waals surface area contributed by atoms with Gasteiger partial charge in [0.05, 0.1) is 18.4 Å². The Morgan fingerprint density at radius 2 is 2.09 bits per heavy atom. The third-order valence-corrected chi connectivity index (χ3v) is 4.09. The molecule has 0 unspecified atom stereocenters. The fourth-order valence-electron chi connectivity index (χ4n) is 2.76. The number of likely N-dealkylation sites (N-methyl/N-ethyl adjacent to an activating group) is 1. The van der Waals surface area contributed by atoms with Crippen LogP contribution in [0.2, 0.25) is 0 Å². The van der Waals surface area contributed by atoms with Crippen LogP contribution in [0.25, 0.3) is 11.3 Å². The average Bonchev–Trinajstić information content (AvgIpc) is 2.61. The van der Waals surface area contributed by atoms with Crippen molar-refractivity contribution in [3.63, 3.8) is 0 Å². The number of piperazine rings is 1. The first-order valence-electron chi connectivity index (χ1n) is 7.79. The number of nitrogens with one attached hydrogen (secondary N) is 1. The van der Waals surface area contributed by atoms with Crippen molar-refractivity contribution in [2.45, 2.75) is 6.92 Å². The monoisotopic (exact) mass is 315 g/mol. The van der Waals surface area contributed by atoms with E-state index in [0.29, 0.717) is 17.5 Å². The fourth-order valence-corrected chi connectivity index (χ4v) is 2.76. The molecule has 0 aromatic carbocycles. The van der Waals surface area contributed by atoms with E-state index in [0.717, 1.165) is 38.3 Å². The molecule has 0 amide bonds. The zero-order valence-electron chi connectivity index (χ0n) is 13.5. The first-order chi connectivity index (χ1) is 11.2. The number of aromatic amines is 1. The number of pyridine rings is 1. The van der Waals surface area contributed by atoms with Crippen molar-refractivity contribution in [2.75, 3.05) is 44.7 Å². The van der Waals surface area contributed by atoms with Crippen LogP contribution in [0.5, 0.6) is 5.88 Å². The van der Waals surface area contributed by atoms with Gasteiger partial charge in [0.1, 0.15) is 0 Å². The number of anilines is 1. The third-order valence-electron chi connectivity index (χ3n) is 4.09. The number of methoxy groups -OCH3 is 1. The summed E-state index contributed by atoms with van der Waals surface area (Å²) >= 11 is 0. The van der Waals surface area contributed by atoms with Gasteiger partial charge in [0.25, 0.3) is 5.56 Å². The van der Waals surface area contributed by atoms with Gasteiger partial charge < -0.3 is 14.5 Å². The highest BCUT2D eigenvalue weighted by Gasteiger charge is 2.19. The van der Waals surface area contributed by atoms with Gasteiger partial charge in [-0.2, -0.15) is 0 Å². The minimum atomic E-state index is -0.172. The standard InChI is InChI=1S/C16H21N5O2/c1-3-20-7-9-21(10-8-20)16-18-13(11-14(22)19-16)12-5-4-6-17-15(12)23-2/h4-6,11H,3,7-10H2,1-2H3,(H,18,19,22). The van der Waals surface area contributed by atoms with Crippen LogP contribution >= 0.6 is 0 Å². The topological polar surface area (TPSA) is 74.4 Å². The van der Waals surface area contributed by atoms with E-state index in [-0.39, 0.29) is 5.56 Å². The molecule has 0 aliphatic carbocycles. The predicted molar refractivity (Wildman–Crippen MR) is 89.0 cm³/mol. The second-order valence-electron chi connectivity index (χ2n) is 5.44. The van der Waals surface area contributed by atoms with E-state index >= 15 is 0 Å². The minimum absolute atomic E-state index is 0.172. The van der Waals surface area contributed by atoms with Crippen molar-refractivity contribution < 1.29 is 4.74 Å². The molecule has 0 bridgehead atoms. The molecular weight excluding hydrogens is 294 g/mol. The molecule has 0 saturated carbocycles. The van der Waals surface area contributed by atoms with Gasteiger partial charge in [0, 0.05) is 38.4 Å². The van der Waals surface area contributed by atoms with Crippen LogP contribution in [0.3, 0.4) is 0 Å². The Hall–Kier alpha value is -2.41. The van der Waals surface area contributed by atoms with Crippen molar-refractivity contribution in [2.24, 2.45) is 0 Å². The largest absolute Gasteiger partial charge is 0.481 e. The van der Waals surface area contributed by atoms with Crippen LogP contribution in [-0.4, -0.2) is 59.7 Å². The van der Waals surface area contributed by atoms with Gasteiger partial charge >= 0.3 is 0 Å². The number of hydrogen-bond acceptors (Lipinski definition) is 6. The van der Waals surface area contributed by atoms with Crippen LogP contribution < -0.4 is 15.2 Å². The summed E-state index contributed by atoms with van der Waals surface area (Å²) in [5.74, 6) is 1.07. The molecule has 0 atom stereocenters. The Balaban J connectivity index is 1.92. The van der Waals surface area contributed by atoms with Crippen molar-refractivity contribution >= 4 is 5.95 Å². The second-order valence-corrected chi connectivity index (χ2v) is 5.44. The Morgan fingerprint density at radius 3 is 2.78 bits per heavy atom. The number of ether oxygens (including phenoxy) is 1. The van der Waals surface area contributed by atoms with E-state index in [9.17, 15) is 4.79 Å². The molecule has 23 heavy (non-hydrogen) atoms. The first kappa shape index (κ1) is 15.5. The molecule has 1 aliphatic heterocycles. The first-order valence-corrected chi connectivity index (χ1v) is 7.79. The molecule has 122 valence electrons. The maximum absolute atomic E-state index is 12.1. The summed E-state index contributed by atoms with van der Waals surface area (Å²) in [5, 5.41) is 0. The van der Waals surface area contributed by atoms with Crippen molar-refractivity contribution in [3.8, 4) is 17.1 Å². The smallest absolute Gasteiger partial charge is 0.252 e. The van der Waals surface area contributed by atoms with E-state index in [4.69, 9.17) is 4.74 Å². The molecule has 3 heterocycles. The van der Waals surface area contributed by atoms with Crippen molar-refractivity contribution in [1.29, 1.82) is 0 Å². The summed E-state index contributed by atoms with van der Waals surface area (Å²) in [7, 11) is 1.56. The number of aromatic nitrogens is 3. The Labute approximate surface area is 134 Å². The molecule has 0 spiro atoms. The molecule has 0 radical (unpaired) electrons. The van der Waals surface area contributed by atoms with Crippen molar-refractivity contribution in [3.05, 3.63) is 34.7 Å². The normalized spacial score (nSPS) is 15.7. The lowest BCUT2D eigenvalue weighted by Gasteiger charge is -2.34. The van der Waals surface area contributed by atoms with Gasteiger partial charge in [-0.05, 0) is 18.7 Å². The van der Waals surface area contributed by atoms with Gasteiger partial charge in [-0.1, -0.05) is 6.92 Å². The van der Waals surface area contributed by atoms with E-state index < -0.39 is 0 Å². The van der Waals surface area contributed by atoms with Gasteiger partial charge in [0.2, 0.25) is 11.8 Å². The average molecular weight is 315 g/mol. The Morgan fingerprint density at radius 1 is 1.30 bits per heavy atom. The van der Waals surface area contributed by atoms with Crippen molar-refractivity contribution in [1.82, 2.24) is 19.9 Å².